The summed E-state index contributed by atoms with van der Waals surface area (Å²) in [6.07, 6.45) is 0. The summed E-state index contributed by atoms with van der Waals surface area (Å²) in [5.74, 6) is 0.648. The van der Waals surface area contributed by atoms with Crippen molar-refractivity contribution in [3.05, 3.63) is 77.9 Å². The van der Waals surface area contributed by atoms with Crippen molar-refractivity contribution in [2.75, 3.05) is 56.1 Å². The molecule has 0 bridgehead atoms. The molecule has 8 nitrogen and oxygen atoms in total. The van der Waals surface area contributed by atoms with Crippen LogP contribution in [0.3, 0.4) is 0 Å². The Morgan fingerprint density at radius 1 is 0.794 bits per heavy atom. The zero-order valence-corrected chi connectivity index (χ0v) is 19.2. The molecule has 176 valence electrons. The van der Waals surface area contributed by atoms with Crippen LogP contribution in [0.15, 0.2) is 66.7 Å². The molecule has 1 fully saturated rings. The van der Waals surface area contributed by atoms with Crippen LogP contribution < -0.4 is 25.0 Å². The summed E-state index contributed by atoms with van der Waals surface area (Å²) >= 11 is 0. The predicted molar refractivity (Wildman–Crippen MR) is 131 cm³/mol. The van der Waals surface area contributed by atoms with Gasteiger partial charge in [-0.3, -0.25) is 9.59 Å². The van der Waals surface area contributed by atoms with Crippen LogP contribution in [-0.4, -0.2) is 52.3 Å². The van der Waals surface area contributed by atoms with Crippen LogP contribution in [0.4, 0.5) is 17.1 Å². The van der Waals surface area contributed by atoms with Crippen LogP contribution in [-0.2, 0) is 4.74 Å². The van der Waals surface area contributed by atoms with E-state index in [-0.39, 0.29) is 11.8 Å². The van der Waals surface area contributed by atoms with Crippen LogP contribution in [0.25, 0.3) is 0 Å². The van der Waals surface area contributed by atoms with Crippen molar-refractivity contribution < 1.29 is 23.8 Å². The smallest absolute Gasteiger partial charge is 0.255 e. The Bertz CT molecular complexity index is 1170. The molecular formula is C26H27N3O5. The lowest BCUT2D eigenvalue weighted by atomic mass is 10.1. The minimum absolute atomic E-state index is 0.273. The Hall–Kier alpha value is -4.04. The second kappa shape index (κ2) is 10.7. The molecular weight excluding hydrogens is 434 g/mol. The van der Waals surface area contributed by atoms with Crippen LogP contribution in [0.5, 0.6) is 11.5 Å². The fourth-order valence-corrected chi connectivity index (χ4v) is 3.72. The SMILES string of the molecule is COc1cccc(C(=O)Nc2ccc(N3CCOCC3)c(NC(=O)c3cccc(OC)c3)c2)c1. The molecule has 3 aromatic rings. The Balaban J connectivity index is 1.60. The maximum Gasteiger partial charge on any atom is 0.255 e. The zero-order chi connectivity index (χ0) is 23.9. The second-order valence-electron chi connectivity index (χ2n) is 7.70. The number of benzene rings is 3. The first kappa shape index (κ1) is 23.1. The van der Waals surface area contributed by atoms with E-state index < -0.39 is 0 Å². The summed E-state index contributed by atoms with van der Waals surface area (Å²) < 4.78 is 15.9. The molecule has 1 aliphatic heterocycles. The van der Waals surface area contributed by atoms with E-state index in [0.717, 1.165) is 5.69 Å². The van der Waals surface area contributed by atoms with Crippen molar-refractivity contribution in [1.82, 2.24) is 0 Å². The van der Waals surface area contributed by atoms with Gasteiger partial charge in [0.25, 0.3) is 11.8 Å². The Labute approximate surface area is 198 Å². The summed E-state index contributed by atoms with van der Waals surface area (Å²) in [7, 11) is 3.11. The third-order valence-electron chi connectivity index (χ3n) is 5.52. The van der Waals surface area contributed by atoms with E-state index >= 15 is 0 Å². The van der Waals surface area contributed by atoms with Gasteiger partial charge in [-0.2, -0.15) is 0 Å². The van der Waals surface area contributed by atoms with E-state index in [9.17, 15) is 9.59 Å². The highest BCUT2D eigenvalue weighted by Crippen LogP contribution is 2.31. The third-order valence-corrected chi connectivity index (χ3v) is 5.52. The van der Waals surface area contributed by atoms with Gasteiger partial charge in [-0.1, -0.05) is 12.1 Å². The number of anilines is 3. The lowest BCUT2D eigenvalue weighted by molar-refractivity contribution is 0.101. The first-order valence-electron chi connectivity index (χ1n) is 10.9. The van der Waals surface area contributed by atoms with Crippen molar-refractivity contribution in [1.29, 1.82) is 0 Å². The van der Waals surface area contributed by atoms with Crippen LogP contribution >= 0.6 is 0 Å². The molecule has 8 heteroatoms. The Morgan fingerprint density at radius 3 is 1.97 bits per heavy atom. The minimum atomic E-state index is -0.275. The largest absolute Gasteiger partial charge is 0.497 e. The molecule has 0 saturated carbocycles. The fraction of sp³-hybridized carbons (Fsp3) is 0.231. The normalized spacial score (nSPS) is 13.2. The molecule has 0 unspecified atom stereocenters. The topological polar surface area (TPSA) is 89.1 Å². The number of rotatable bonds is 7. The van der Waals surface area contributed by atoms with Gasteiger partial charge in [0.05, 0.1) is 38.8 Å². The van der Waals surface area contributed by atoms with Crippen molar-refractivity contribution >= 4 is 28.9 Å². The number of morpholine rings is 1. The molecule has 2 N–H and O–H groups in total. The van der Waals surface area contributed by atoms with E-state index in [1.54, 1.807) is 68.8 Å². The number of amides is 2. The van der Waals surface area contributed by atoms with Gasteiger partial charge in [0, 0.05) is 29.9 Å². The fourth-order valence-electron chi connectivity index (χ4n) is 3.72. The van der Waals surface area contributed by atoms with Gasteiger partial charge in [0.15, 0.2) is 0 Å². The monoisotopic (exact) mass is 461 g/mol. The van der Waals surface area contributed by atoms with E-state index in [0.29, 0.717) is 60.3 Å². The quantitative estimate of drug-likeness (QED) is 0.552. The molecule has 4 rings (SSSR count). The highest BCUT2D eigenvalue weighted by atomic mass is 16.5. The Kier molecular flexibility index (Phi) is 7.29. The first-order valence-corrected chi connectivity index (χ1v) is 10.9. The molecule has 0 atom stereocenters. The predicted octanol–water partition coefficient (Wildman–Crippen LogP) is 4.05. The molecule has 3 aromatic carbocycles. The summed E-state index contributed by atoms with van der Waals surface area (Å²) in [5.41, 5.74) is 2.96. The summed E-state index contributed by atoms with van der Waals surface area (Å²) in [4.78, 5) is 28.0. The van der Waals surface area contributed by atoms with E-state index in [2.05, 4.69) is 15.5 Å². The number of methoxy groups -OCH3 is 2. The maximum atomic E-state index is 13.0. The molecule has 34 heavy (non-hydrogen) atoms. The van der Waals surface area contributed by atoms with Gasteiger partial charge in [-0.05, 0) is 54.6 Å². The van der Waals surface area contributed by atoms with Crippen molar-refractivity contribution in [3.8, 4) is 11.5 Å². The molecule has 1 saturated heterocycles. The molecule has 0 radical (unpaired) electrons. The number of hydrogen-bond donors (Lipinski definition) is 2. The number of ether oxygens (including phenoxy) is 3. The van der Waals surface area contributed by atoms with Crippen molar-refractivity contribution in [2.24, 2.45) is 0 Å². The standard InChI is InChI=1S/C26H27N3O5/c1-32-21-7-3-5-18(15-21)25(30)27-20-9-10-24(29-11-13-34-14-12-29)23(17-20)28-26(31)19-6-4-8-22(16-19)33-2/h3-10,15-17H,11-14H2,1-2H3,(H,27,30)(H,28,31). The molecule has 0 aliphatic carbocycles. The van der Waals surface area contributed by atoms with Crippen LogP contribution in [0.2, 0.25) is 0 Å². The van der Waals surface area contributed by atoms with Crippen molar-refractivity contribution in [2.45, 2.75) is 0 Å². The Morgan fingerprint density at radius 2 is 1.38 bits per heavy atom. The number of carbonyl (C=O) groups is 2. The maximum absolute atomic E-state index is 13.0. The van der Waals surface area contributed by atoms with Crippen molar-refractivity contribution in [3.63, 3.8) is 0 Å². The van der Waals surface area contributed by atoms with E-state index in [1.165, 1.54) is 0 Å². The lowest BCUT2D eigenvalue weighted by Gasteiger charge is -2.31. The first-order chi connectivity index (χ1) is 16.6. The average Bonchev–Trinajstić information content (AvgIpc) is 2.89. The molecule has 0 spiro atoms. The summed E-state index contributed by atoms with van der Waals surface area (Å²) in [6.45, 7) is 2.63. The van der Waals surface area contributed by atoms with Gasteiger partial charge in [0.2, 0.25) is 0 Å². The summed E-state index contributed by atoms with van der Waals surface area (Å²) in [5, 5.41) is 5.90. The number of nitrogens with zero attached hydrogens (tertiary/aromatic N) is 1. The summed E-state index contributed by atoms with van der Waals surface area (Å²) in [6, 6.07) is 19.4. The minimum Gasteiger partial charge on any atom is -0.497 e. The average molecular weight is 462 g/mol. The highest BCUT2D eigenvalue weighted by Gasteiger charge is 2.18. The number of carbonyl (C=O) groups excluding carboxylic acids is 2. The molecule has 1 heterocycles. The van der Waals surface area contributed by atoms with E-state index in [4.69, 9.17) is 14.2 Å². The highest BCUT2D eigenvalue weighted by molar-refractivity contribution is 6.08. The molecule has 0 aromatic heterocycles. The lowest BCUT2D eigenvalue weighted by Crippen LogP contribution is -2.36. The van der Waals surface area contributed by atoms with Gasteiger partial charge in [-0.25, -0.2) is 0 Å². The number of nitrogens with one attached hydrogen (secondary N) is 2. The number of hydrogen-bond acceptors (Lipinski definition) is 6. The van der Waals surface area contributed by atoms with Gasteiger partial charge in [-0.15, -0.1) is 0 Å². The van der Waals surface area contributed by atoms with Crippen LogP contribution in [0.1, 0.15) is 20.7 Å². The van der Waals surface area contributed by atoms with Gasteiger partial charge in [0.1, 0.15) is 11.5 Å². The second-order valence-corrected chi connectivity index (χ2v) is 7.70. The zero-order valence-electron chi connectivity index (χ0n) is 19.2. The third kappa shape index (κ3) is 5.47. The molecule has 1 aliphatic rings. The van der Waals surface area contributed by atoms with Crippen LogP contribution in [0, 0.1) is 0 Å². The van der Waals surface area contributed by atoms with E-state index in [1.807, 2.05) is 12.1 Å². The van der Waals surface area contributed by atoms with Gasteiger partial charge >= 0.3 is 0 Å². The molecule has 2 amide bonds. The van der Waals surface area contributed by atoms with Gasteiger partial charge < -0.3 is 29.7 Å².